The summed E-state index contributed by atoms with van der Waals surface area (Å²) in [7, 11) is 0. The second kappa shape index (κ2) is 7.41. The molecule has 0 saturated carbocycles. The highest BCUT2D eigenvalue weighted by Crippen LogP contribution is 2.29. The van der Waals surface area contributed by atoms with Gasteiger partial charge in [0.05, 0.1) is 17.0 Å². The lowest BCUT2D eigenvalue weighted by atomic mass is 9.99. The molecule has 150 valence electrons. The highest BCUT2D eigenvalue weighted by Gasteiger charge is 2.26. The third-order valence-corrected chi connectivity index (χ3v) is 5.96. The lowest BCUT2D eigenvalue weighted by Gasteiger charge is -2.29. The van der Waals surface area contributed by atoms with Gasteiger partial charge in [0.15, 0.2) is 5.65 Å². The fourth-order valence-electron chi connectivity index (χ4n) is 4.44. The summed E-state index contributed by atoms with van der Waals surface area (Å²) in [5.41, 5.74) is 7.95. The van der Waals surface area contributed by atoms with Crippen molar-refractivity contribution in [3.63, 3.8) is 0 Å². The van der Waals surface area contributed by atoms with E-state index in [9.17, 15) is 4.79 Å². The lowest BCUT2D eigenvalue weighted by molar-refractivity contribution is 0.0732. The van der Waals surface area contributed by atoms with Crippen LogP contribution in [0.15, 0.2) is 60.8 Å². The summed E-state index contributed by atoms with van der Waals surface area (Å²) in [6.45, 7) is 5.43. The van der Waals surface area contributed by atoms with Crippen LogP contribution in [0.1, 0.15) is 39.8 Å². The molecule has 0 N–H and O–H groups in total. The van der Waals surface area contributed by atoms with E-state index < -0.39 is 0 Å². The molecular formula is C25H24N4O. The number of carbonyl (C=O) groups excluding carboxylic acids is 1. The smallest absolute Gasteiger partial charge is 0.257 e. The summed E-state index contributed by atoms with van der Waals surface area (Å²) in [5.74, 6) is 0.0326. The summed E-state index contributed by atoms with van der Waals surface area (Å²) >= 11 is 0. The van der Waals surface area contributed by atoms with Crippen LogP contribution >= 0.6 is 0 Å². The number of aromatic nitrogens is 3. The maximum atomic E-state index is 13.4. The Labute approximate surface area is 176 Å². The van der Waals surface area contributed by atoms with Gasteiger partial charge in [0.25, 0.3) is 5.91 Å². The van der Waals surface area contributed by atoms with Crippen LogP contribution in [-0.4, -0.2) is 31.9 Å². The Kier molecular flexibility index (Phi) is 4.58. The molecule has 3 heterocycles. The standard InChI is InChI=1S/C25H24N4O/c1-3-22-21(25(30)28-14-13-18-9-7-8-12-20(18)16-28)15-26-24-23(17(2)27-29(22)24)19-10-5-4-6-11-19/h4-12,15H,3,13-14,16H2,1-2H3. The maximum Gasteiger partial charge on any atom is 0.257 e. The third-order valence-electron chi connectivity index (χ3n) is 5.96. The van der Waals surface area contributed by atoms with Crippen LogP contribution in [0, 0.1) is 6.92 Å². The molecule has 5 nitrogen and oxygen atoms in total. The third kappa shape index (κ3) is 2.98. The molecular weight excluding hydrogens is 372 g/mol. The predicted octanol–water partition coefficient (Wildman–Crippen LogP) is 4.47. The number of fused-ring (bicyclic) bond motifs is 2. The zero-order chi connectivity index (χ0) is 20.7. The van der Waals surface area contributed by atoms with Crippen LogP contribution in [0.5, 0.6) is 0 Å². The van der Waals surface area contributed by atoms with Gasteiger partial charge in [-0.2, -0.15) is 5.10 Å². The van der Waals surface area contributed by atoms with Gasteiger partial charge >= 0.3 is 0 Å². The molecule has 1 amide bonds. The van der Waals surface area contributed by atoms with E-state index in [2.05, 4.69) is 37.3 Å². The Balaban J connectivity index is 1.57. The van der Waals surface area contributed by atoms with Crippen LogP contribution in [0.3, 0.4) is 0 Å². The molecule has 0 atom stereocenters. The summed E-state index contributed by atoms with van der Waals surface area (Å²) in [6.07, 6.45) is 3.34. The van der Waals surface area contributed by atoms with Crippen LogP contribution in [0.4, 0.5) is 0 Å². The van der Waals surface area contributed by atoms with Crippen molar-refractivity contribution in [3.05, 3.63) is 88.9 Å². The molecule has 0 fully saturated rings. The van der Waals surface area contributed by atoms with Crippen LogP contribution in [0.2, 0.25) is 0 Å². The molecule has 1 aliphatic rings. The topological polar surface area (TPSA) is 50.5 Å². The van der Waals surface area contributed by atoms with Gasteiger partial charge in [-0.05, 0) is 36.5 Å². The summed E-state index contributed by atoms with van der Waals surface area (Å²) < 4.78 is 1.86. The second-order valence-corrected chi connectivity index (χ2v) is 7.78. The fourth-order valence-corrected chi connectivity index (χ4v) is 4.44. The first kappa shape index (κ1) is 18.6. The van der Waals surface area contributed by atoms with Crippen molar-refractivity contribution in [2.24, 2.45) is 0 Å². The van der Waals surface area contributed by atoms with Crippen molar-refractivity contribution in [1.29, 1.82) is 0 Å². The molecule has 30 heavy (non-hydrogen) atoms. The maximum absolute atomic E-state index is 13.4. The molecule has 1 aliphatic heterocycles. The van der Waals surface area contributed by atoms with Crippen molar-refractivity contribution in [2.75, 3.05) is 6.54 Å². The molecule has 4 aromatic rings. The van der Waals surface area contributed by atoms with Crippen LogP contribution < -0.4 is 0 Å². The van der Waals surface area contributed by atoms with Gasteiger partial charge in [-0.25, -0.2) is 9.50 Å². The number of hydrogen-bond donors (Lipinski definition) is 0. The molecule has 5 heteroatoms. The number of amides is 1. The molecule has 5 rings (SSSR count). The first-order valence-corrected chi connectivity index (χ1v) is 10.5. The van der Waals surface area contributed by atoms with E-state index >= 15 is 0 Å². The number of benzene rings is 2. The zero-order valence-electron chi connectivity index (χ0n) is 17.3. The van der Waals surface area contributed by atoms with Gasteiger partial charge in [-0.15, -0.1) is 0 Å². The van der Waals surface area contributed by atoms with Crippen molar-refractivity contribution in [2.45, 2.75) is 33.2 Å². The molecule has 0 bridgehead atoms. The zero-order valence-corrected chi connectivity index (χ0v) is 17.3. The van der Waals surface area contributed by atoms with Crippen molar-refractivity contribution < 1.29 is 4.79 Å². The monoisotopic (exact) mass is 396 g/mol. The van der Waals surface area contributed by atoms with Gasteiger partial charge in [-0.1, -0.05) is 61.5 Å². The number of hydrogen-bond acceptors (Lipinski definition) is 3. The average molecular weight is 396 g/mol. The van der Waals surface area contributed by atoms with Crippen molar-refractivity contribution in [1.82, 2.24) is 19.5 Å². The largest absolute Gasteiger partial charge is 0.334 e. The van der Waals surface area contributed by atoms with Crippen LogP contribution in [0.25, 0.3) is 16.8 Å². The SMILES string of the molecule is CCc1c(C(=O)N2CCc3ccccc3C2)cnc2c(-c3ccccc3)c(C)nn12. The summed E-state index contributed by atoms with van der Waals surface area (Å²) in [5, 5.41) is 4.77. The van der Waals surface area contributed by atoms with Gasteiger partial charge in [0.2, 0.25) is 0 Å². The Hall–Kier alpha value is -3.47. The molecule has 2 aromatic heterocycles. The number of carbonyl (C=O) groups is 1. The number of rotatable bonds is 3. The van der Waals surface area contributed by atoms with E-state index in [4.69, 9.17) is 10.1 Å². The molecule has 2 aromatic carbocycles. The molecule has 0 radical (unpaired) electrons. The quantitative estimate of drug-likeness (QED) is 0.514. The normalized spacial score (nSPS) is 13.5. The highest BCUT2D eigenvalue weighted by atomic mass is 16.2. The Morgan fingerprint density at radius 2 is 1.77 bits per heavy atom. The van der Waals surface area contributed by atoms with Gasteiger partial charge in [-0.3, -0.25) is 4.79 Å². The predicted molar refractivity (Wildman–Crippen MR) is 117 cm³/mol. The van der Waals surface area contributed by atoms with Gasteiger partial charge < -0.3 is 4.90 Å². The number of nitrogens with zero attached hydrogens (tertiary/aromatic N) is 4. The first-order valence-electron chi connectivity index (χ1n) is 10.5. The van der Waals surface area contributed by atoms with E-state index in [0.29, 0.717) is 18.5 Å². The summed E-state index contributed by atoms with van der Waals surface area (Å²) in [4.78, 5) is 20.1. The molecule has 0 saturated heterocycles. The van der Waals surface area contributed by atoms with Crippen molar-refractivity contribution >= 4 is 11.6 Å². The highest BCUT2D eigenvalue weighted by molar-refractivity contribution is 5.96. The van der Waals surface area contributed by atoms with E-state index in [1.54, 1.807) is 6.20 Å². The van der Waals surface area contributed by atoms with Crippen LogP contribution in [-0.2, 0) is 19.4 Å². The van der Waals surface area contributed by atoms with E-state index in [0.717, 1.165) is 41.1 Å². The lowest BCUT2D eigenvalue weighted by Crippen LogP contribution is -2.36. The molecule has 0 aliphatic carbocycles. The summed E-state index contributed by atoms with van der Waals surface area (Å²) in [6, 6.07) is 18.5. The minimum atomic E-state index is 0.0326. The minimum Gasteiger partial charge on any atom is -0.334 e. The second-order valence-electron chi connectivity index (χ2n) is 7.78. The first-order chi connectivity index (χ1) is 14.7. The van der Waals surface area contributed by atoms with Gasteiger partial charge in [0.1, 0.15) is 0 Å². The molecule has 0 unspecified atom stereocenters. The van der Waals surface area contributed by atoms with E-state index in [1.807, 2.05) is 40.6 Å². The Morgan fingerprint density at radius 3 is 2.53 bits per heavy atom. The average Bonchev–Trinajstić information content (AvgIpc) is 3.14. The van der Waals surface area contributed by atoms with Gasteiger partial charge in [0, 0.05) is 24.8 Å². The van der Waals surface area contributed by atoms with Crippen molar-refractivity contribution in [3.8, 4) is 11.1 Å². The Morgan fingerprint density at radius 1 is 1.03 bits per heavy atom. The van der Waals surface area contributed by atoms with E-state index in [-0.39, 0.29) is 5.91 Å². The van der Waals surface area contributed by atoms with E-state index in [1.165, 1.54) is 11.1 Å². The fraction of sp³-hybridized carbons (Fsp3) is 0.240. The number of aryl methyl sites for hydroxylation is 2. The molecule has 0 spiro atoms. The minimum absolute atomic E-state index is 0.0326. The Bertz CT molecular complexity index is 1240.